The van der Waals surface area contributed by atoms with Crippen LogP contribution in [0.15, 0.2) is 35.7 Å². The highest BCUT2D eigenvalue weighted by Crippen LogP contribution is 2.22. The molecule has 0 aliphatic heterocycles. The molecule has 0 bridgehead atoms. The van der Waals surface area contributed by atoms with Crippen LogP contribution in [0.3, 0.4) is 0 Å². The Labute approximate surface area is 172 Å². The molecule has 0 aliphatic carbocycles. The summed E-state index contributed by atoms with van der Waals surface area (Å²) in [6.07, 6.45) is 3.57. The molecule has 1 aromatic carbocycles. The lowest BCUT2D eigenvalue weighted by molar-refractivity contribution is -0.131. The maximum absolute atomic E-state index is 12.9. The molecule has 0 spiro atoms. The first kappa shape index (κ1) is 22.4. The van der Waals surface area contributed by atoms with E-state index in [9.17, 15) is 4.79 Å². The van der Waals surface area contributed by atoms with Crippen molar-refractivity contribution in [1.29, 1.82) is 0 Å². The van der Waals surface area contributed by atoms with E-state index < -0.39 is 0 Å². The monoisotopic (exact) mass is 404 g/mol. The molecule has 0 unspecified atom stereocenters. The highest BCUT2D eigenvalue weighted by Gasteiger charge is 2.21. The molecule has 1 aromatic heterocycles. The fourth-order valence-corrected chi connectivity index (χ4v) is 3.97. The average molecular weight is 405 g/mol. The van der Waals surface area contributed by atoms with Gasteiger partial charge in [0.2, 0.25) is 5.91 Å². The van der Waals surface area contributed by atoms with Crippen LogP contribution in [-0.4, -0.2) is 57.6 Å². The van der Waals surface area contributed by atoms with Crippen LogP contribution in [0.4, 0.5) is 0 Å². The molecule has 1 amide bonds. The SMILES string of the molecule is CCC(CC)N(CCOC)C(=O)CSc1nncn1-c1ccc(C(C)C)cc1. The van der Waals surface area contributed by atoms with Gasteiger partial charge in [-0.3, -0.25) is 9.36 Å². The van der Waals surface area contributed by atoms with Gasteiger partial charge in [0.15, 0.2) is 5.16 Å². The van der Waals surface area contributed by atoms with E-state index in [1.165, 1.54) is 17.3 Å². The largest absolute Gasteiger partial charge is 0.383 e. The number of thioether (sulfide) groups is 1. The van der Waals surface area contributed by atoms with Gasteiger partial charge in [0.25, 0.3) is 0 Å². The zero-order valence-electron chi connectivity index (χ0n) is 17.6. The van der Waals surface area contributed by atoms with E-state index in [1.54, 1.807) is 13.4 Å². The standard InChI is InChI=1S/C21H32N4O2S/c1-6-18(7-2)24(12-13-27-5)20(26)14-28-21-23-22-15-25(21)19-10-8-17(9-11-19)16(3)4/h8-11,15-16,18H,6-7,12-14H2,1-5H3. The highest BCUT2D eigenvalue weighted by molar-refractivity contribution is 7.99. The smallest absolute Gasteiger partial charge is 0.233 e. The zero-order valence-corrected chi connectivity index (χ0v) is 18.4. The van der Waals surface area contributed by atoms with E-state index in [1.807, 2.05) is 9.47 Å². The second-order valence-corrected chi connectivity index (χ2v) is 8.01. The van der Waals surface area contributed by atoms with Crippen LogP contribution < -0.4 is 0 Å². The van der Waals surface area contributed by atoms with Crippen LogP contribution in [0, 0.1) is 0 Å². The van der Waals surface area contributed by atoms with Gasteiger partial charge in [-0.15, -0.1) is 10.2 Å². The predicted octanol–water partition coefficient (Wildman–Crippen LogP) is 4.15. The quantitative estimate of drug-likeness (QED) is 0.527. The number of ether oxygens (including phenoxy) is 1. The Balaban J connectivity index is 2.07. The van der Waals surface area contributed by atoms with Gasteiger partial charge in [0, 0.05) is 25.4 Å². The van der Waals surface area contributed by atoms with Crippen LogP contribution in [0.25, 0.3) is 5.69 Å². The molecule has 0 saturated heterocycles. The molecular weight excluding hydrogens is 372 g/mol. The van der Waals surface area contributed by atoms with Crippen LogP contribution in [0.1, 0.15) is 52.0 Å². The third kappa shape index (κ3) is 5.82. The van der Waals surface area contributed by atoms with Gasteiger partial charge in [-0.05, 0) is 36.5 Å². The molecule has 0 N–H and O–H groups in total. The van der Waals surface area contributed by atoms with E-state index in [-0.39, 0.29) is 11.9 Å². The molecule has 0 saturated carbocycles. The molecule has 28 heavy (non-hydrogen) atoms. The number of carbonyl (C=O) groups is 1. The first-order valence-corrected chi connectivity index (χ1v) is 10.9. The van der Waals surface area contributed by atoms with E-state index in [0.29, 0.717) is 24.8 Å². The zero-order chi connectivity index (χ0) is 20.5. The second-order valence-electron chi connectivity index (χ2n) is 7.07. The minimum Gasteiger partial charge on any atom is -0.383 e. The molecule has 0 radical (unpaired) electrons. The molecule has 0 atom stereocenters. The normalized spacial score (nSPS) is 11.4. The minimum absolute atomic E-state index is 0.112. The van der Waals surface area contributed by atoms with Gasteiger partial charge in [-0.1, -0.05) is 51.6 Å². The number of hydrogen-bond acceptors (Lipinski definition) is 5. The fraction of sp³-hybridized carbons (Fsp3) is 0.571. The maximum atomic E-state index is 12.9. The first-order chi connectivity index (χ1) is 13.5. The molecule has 6 nitrogen and oxygen atoms in total. The summed E-state index contributed by atoms with van der Waals surface area (Å²) < 4.78 is 7.12. The number of aromatic nitrogens is 3. The number of nitrogens with zero attached hydrogens (tertiary/aromatic N) is 4. The van der Waals surface area contributed by atoms with Crippen molar-refractivity contribution in [2.45, 2.75) is 57.7 Å². The second kappa shape index (κ2) is 11.2. The molecule has 2 rings (SSSR count). The van der Waals surface area contributed by atoms with E-state index in [2.05, 4.69) is 62.2 Å². The Morgan fingerprint density at radius 1 is 1.21 bits per heavy atom. The molecule has 0 fully saturated rings. The third-order valence-corrected chi connectivity index (χ3v) is 5.85. The topological polar surface area (TPSA) is 60.2 Å². The molecule has 154 valence electrons. The van der Waals surface area contributed by atoms with E-state index in [4.69, 9.17) is 4.74 Å². The molecule has 1 heterocycles. The van der Waals surface area contributed by atoms with Crippen molar-refractivity contribution in [2.24, 2.45) is 0 Å². The maximum Gasteiger partial charge on any atom is 0.233 e. The van der Waals surface area contributed by atoms with Gasteiger partial charge >= 0.3 is 0 Å². The van der Waals surface area contributed by atoms with Crippen LogP contribution >= 0.6 is 11.8 Å². The number of carbonyl (C=O) groups excluding carboxylic acids is 1. The summed E-state index contributed by atoms with van der Waals surface area (Å²) in [4.78, 5) is 14.8. The van der Waals surface area contributed by atoms with Gasteiger partial charge < -0.3 is 9.64 Å². The summed E-state index contributed by atoms with van der Waals surface area (Å²) in [6, 6.07) is 8.63. The Bertz CT molecular complexity index is 726. The molecule has 2 aromatic rings. The molecule has 0 aliphatic rings. The Morgan fingerprint density at radius 3 is 2.46 bits per heavy atom. The minimum atomic E-state index is 0.112. The number of amides is 1. The first-order valence-electron chi connectivity index (χ1n) is 9.93. The predicted molar refractivity (Wildman–Crippen MR) is 114 cm³/mol. The van der Waals surface area contributed by atoms with Crippen LogP contribution in [-0.2, 0) is 9.53 Å². The van der Waals surface area contributed by atoms with Crippen molar-refractivity contribution in [3.05, 3.63) is 36.2 Å². The number of benzene rings is 1. The average Bonchev–Trinajstić information content (AvgIpc) is 3.18. The molecule has 7 heteroatoms. The van der Waals surface area contributed by atoms with E-state index >= 15 is 0 Å². The number of methoxy groups -OCH3 is 1. The van der Waals surface area contributed by atoms with Crippen LogP contribution in [0.2, 0.25) is 0 Å². The fourth-order valence-electron chi connectivity index (χ4n) is 3.16. The van der Waals surface area contributed by atoms with Gasteiger partial charge in [0.05, 0.1) is 12.4 Å². The van der Waals surface area contributed by atoms with Crippen molar-refractivity contribution < 1.29 is 9.53 Å². The van der Waals surface area contributed by atoms with Gasteiger partial charge in [-0.2, -0.15) is 0 Å². The Morgan fingerprint density at radius 2 is 1.89 bits per heavy atom. The van der Waals surface area contributed by atoms with Crippen molar-refractivity contribution >= 4 is 17.7 Å². The van der Waals surface area contributed by atoms with Gasteiger partial charge in [0.1, 0.15) is 6.33 Å². The Hall–Kier alpha value is -1.86. The van der Waals surface area contributed by atoms with Crippen molar-refractivity contribution in [3.63, 3.8) is 0 Å². The summed E-state index contributed by atoms with van der Waals surface area (Å²) in [5.74, 6) is 0.938. The summed E-state index contributed by atoms with van der Waals surface area (Å²) in [7, 11) is 1.66. The van der Waals surface area contributed by atoms with Crippen molar-refractivity contribution in [2.75, 3.05) is 26.0 Å². The van der Waals surface area contributed by atoms with Crippen molar-refractivity contribution in [3.8, 4) is 5.69 Å². The number of hydrogen-bond donors (Lipinski definition) is 0. The third-order valence-electron chi connectivity index (χ3n) is 4.92. The van der Waals surface area contributed by atoms with E-state index in [0.717, 1.165) is 23.7 Å². The lowest BCUT2D eigenvalue weighted by atomic mass is 10.0. The highest BCUT2D eigenvalue weighted by atomic mass is 32.2. The Kier molecular flexibility index (Phi) is 8.99. The summed E-state index contributed by atoms with van der Waals surface area (Å²) in [5.41, 5.74) is 2.29. The summed E-state index contributed by atoms with van der Waals surface area (Å²) in [5, 5.41) is 8.98. The number of rotatable bonds is 11. The van der Waals surface area contributed by atoms with Crippen molar-refractivity contribution in [1.82, 2.24) is 19.7 Å². The lowest BCUT2D eigenvalue weighted by Crippen LogP contribution is -2.42. The summed E-state index contributed by atoms with van der Waals surface area (Å²) >= 11 is 1.42. The van der Waals surface area contributed by atoms with Crippen LogP contribution in [0.5, 0.6) is 0 Å². The lowest BCUT2D eigenvalue weighted by Gasteiger charge is -2.30. The molecular formula is C21H32N4O2S. The summed E-state index contributed by atoms with van der Waals surface area (Å²) in [6.45, 7) is 9.75. The van der Waals surface area contributed by atoms with Gasteiger partial charge in [-0.25, -0.2) is 0 Å².